The van der Waals surface area contributed by atoms with Crippen LogP contribution in [0, 0.1) is 6.92 Å². The minimum absolute atomic E-state index is 0.291. The molecule has 28 heavy (non-hydrogen) atoms. The van der Waals surface area contributed by atoms with Crippen LogP contribution in [0.15, 0.2) is 30.5 Å². The first-order valence-electron chi connectivity index (χ1n) is 8.97. The Hall–Kier alpha value is -3.20. The Morgan fingerprint density at radius 2 is 1.89 bits per heavy atom. The Labute approximate surface area is 164 Å². The molecule has 3 aromatic rings. The zero-order chi connectivity index (χ0) is 20.3. The van der Waals surface area contributed by atoms with Crippen molar-refractivity contribution in [1.82, 2.24) is 30.3 Å². The lowest BCUT2D eigenvalue weighted by molar-refractivity contribution is 0.411. The number of aryl methyl sites for hydroxylation is 1. The first kappa shape index (κ1) is 19.6. The van der Waals surface area contributed by atoms with E-state index in [1.54, 1.807) is 11.8 Å². The highest BCUT2D eigenvalue weighted by Crippen LogP contribution is 2.28. The number of rotatable bonds is 7. The van der Waals surface area contributed by atoms with Gasteiger partial charge in [0, 0.05) is 24.5 Å². The van der Waals surface area contributed by atoms with Crippen LogP contribution >= 0.6 is 0 Å². The molecule has 2 aromatic heterocycles. The molecule has 0 aliphatic heterocycles. The SMILES string of the molecule is CNc1cc(C)nc(Nc2ccc(OC)c(-n3cc(C(C)(C)NC)nn3)c2)n1. The minimum Gasteiger partial charge on any atom is -0.494 e. The second-order valence-corrected chi connectivity index (χ2v) is 6.90. The number of methoxy groups -OCH3 is 1. The van der Waals surface area contributed by atoms with Crippen LogP contribution < -0.4 is 20.7 Å². The fourth-order valence-corrected chi connectivity index (χ4v) is 2.62. The Morgan fingerprint density at radius 3 is 2.57 bits per heavy atom. The third-order valence-electron chi connectivity index (χ3n) is 4.55. The van der Waals surface area contributed by atoms with Gasteiger partial charge in [0.2, 0.25) is 5.95 Å². The molecule has 9 heteroatoms. The van der Waals surface area contributed by atoms with Crippen molar-refractivity contribution in [2.75, 3.05) is 31.8 Å². The minimum atomic E-state index is -0.291. The smallest absolute Gasteiger partial charge is 0.229 e. The summed E-state index contributed by atoms with van der Waals surface area (Å²) in [6.45, 7) is 6.02. The predicted molar refractivity (Wildman–Crippen MR) is 110 cm³/mol. The Kier molecular flexibility index (Phi) is 5.46. The molecular formula is C19H26N8O. The molecule has 0 aliphatic carbocycles. The highest BCUT2D eigenvalue weighted by molar-refractivity contribution is 5.62. The van der Waals surface area contributed by atoms with Crippen LogP contribution in [0.4, 0.5) is 17.5 Å². The lowest BCUT2D eigenvalue weighted by Gasteiger charge is -2.20. The molecule has 0 unspecified atom stereocenters. The van der Waals surface area contributed by atoms with Crippen LogP contribution in [0.2, 0.25) is 0 Å². The van der Waals surface area contributed by atoms with Crippen LogP contribution in [0.5, 0.6) is 5.75 Å². The van der Waals surface area contributed by atoms with E-state index in [0.717, 1.165) is 28.6 Å². The average Bonchev–Trinajstić information content (AvgIpc) is 3.18. The van der Waals surface area contributed by atoms with E-state index in [9.17, 15) is 0 Å². The van der Waals surface area contributed by atoms with Crippen LogP contribution in [0.1, 0.15) is 25.2 Å². The molecule has 0 saturated heterocycles. The first-order valence-corrected chi connectivity index (χ1v) is 8.97. The molecule has 0 fully saturated rings. The maximum atomic E-state index is 5.51. The maximum absolute atomic E-state index is 5.51. The monoisotopic (exact) mass is 382 g/mol. The van der Waals surface area contributed by atoms with E-state index in [2.05, 4.69) is 36.2 Å². The number of hydrogen-bond donors (Lipinski definition) is 3. The standard InChI is InChI=1S/C19H26N8O/c1-12-9-17(20-4)24-18(22-12)23-13-7-8-15(28-6)14(10-13)27-11-16(25-26-27)19(2,3)21-5/h7-11,21H,1-6H3,(H2,20,22,23,24). The predicted octanol–water partition coefficient (Wildman–Crippen LogP) is 2.61. The van der Waals surface area contributed by atoms with Crippen molar-refractivity contribution in [3.63, 3.8) is 0 Å². The molecule has 0 aliphatic rings. The second-order valence-electron chi connectivity index (χ2n) is 6.90. The van der Waals surface area contributed by atoms with Crippen molar-refractivity contribution in [3.8, 4) is 11.4 Å². The summed E-state index contributed by atoms with van der Waals surface area (Å²) in [5.41, 5.74) is 2.98. The largest absolute Gasteiger partial charge is 0.494 e. The Balaban J connectivity index is 1.96. The number of nitrogens with zero attached hydrogens (tertiary/aromatic N) is 5. The molecule has 0 amide bonds. The number of benzene rings is 1. The van der Waals surface area contributed by atoms with Gasteiger partial charge in [-0.05, 0) is 46.0 Å². The van der Waals surface area contributed by atoms with Gasteiger partial charge in [0.15, 0.2) is 0 Å². The molecule has 9 nitrogen and oxygen atoms in total. The third kappa shape index (κ3) is 4.04. The van der Waals surface area contributed by atoms with E-state index in [-0.39, 0.29) is 5.54 Å². The zero-order valence-electron chi connectivity index (χ0n) is 17.0. The molecule has 0 saturated carbocycles. The van der Waals surface area contributed by atoms with Crippen LogP contribution in [-0.2, 0) is 5.54 Å². The van der Waals surface area contributed by atoms with Gasteiger partial charge < -0.3 is 20.7 Å². The van der Waals surface area contributed by atoms with Crippen molar-refractivity contribution in [3.05, 3.63) is 41.9 Å². The van der Waals surface area contributed by atoms with Crippen molar-refractivity contribution in [2.45, 2.75) is 26.3 Å². The van der Waals surface area contributed by atoms with E-state index >= 15 is 0 Å². The number of anilines is 3. The average molecular weight is 382 g/mol. The van der Waals surface area contributed by atoms with Gasteiger partial charge >= 0.3 is 0 Å². The fraction of sp³-hybridized carbons (Fsp3) is 0.368. The molecule has 3 rings (SSSR count). The van der Waals surface area contributed by atoms with E-state index in [0.29, 0.717) is 11.7 Å². The van der Waals surface area contributed by atoms with Crippen molar-refractivity contribution < 1.29 is 4.74 Å². The van der Waals surface area contributed by atoms with Crippen LogP contribution in [0.3, 0.4) is 0 Å². The summed E-state index contributed by atoms with van der Waals surface area (Å²) in [7, 11) is 5.35. The molecule has 0 bridgehead atoms. The summed E-state index contributed by atoms with van der Waals surface area (Å²) >= 11 is 0. The zero-order valence-corrected chi connectivity index (χ0v) is 17.0. The van der Waals surface area contributed by atoms with Gasteiger partial charge in [-0.3, -0.25) is 0 Å². The number of nitrogens with one attached hydrogen (secondary N) is 3. The van der Waals surface area contributed by atoms with Gasteiger partial charge in [0.25, 0.3) is 0 Å². The first-order chi connectivity index (χ1) is 13.4. The molecule has 0 radical (unpaired) electrons. The van der Waals surface area contributed by atoms with E-state index < -0.39 is 0 Å². The maximum Gasteiger partial charge on any atom is 0.229 e. The molecule has 148 valence electrons. The highest BCUT2D eigenvalue weighted by atomic mass is 16.5. The second kappa shape index (κ2) is 7.81. The van der Waals surface area contributed by atoms with Crippen molar-refractivity contribution >= 4 is 17.5 Å². The Bertz CT molecular complexity index is 966. The summed E-state index contributed by atoms with van der Waals surface area (Å²) < 4.78 is 7.21. The normalized spacial score (nSPS) is 11.4. The van der Waals surface area contributed by atoms with Crippen LogP contribution in [0.25, 0.3) is 5.69 Å². The summed E-state index contributed by atoms with van der Waals surface area (Å²) in [5, 5.41) is 18.1. The molecule has 2 heterocycles. The third-order valence-corrected chi connectivity index (χ3v) is 4.55. The topological polar surface area (TPSA) is 102 Å². The van der Waals surface area contributed by atoms with Gasteiger partial charge in [0.1, 0.15) is 22.9 Å². The summed E-state index contributed by atoms with van der Waals surface area (Å²) in [4.78, 5) is 8.87. The van der Waals surface area contributed by atoms with Crippen molar-refractivity contribution in [1.29, 1.82) is 0 Å². The molecule has 3 N–H and O–H groups in total. The lowest BCUT2D eigenvalue weighted by atomic mass is 10.0. The number of hydrogen-bond acceptors (Lipinski definition) is 8. The van der Waals surface area contributed by atoms with Gasteiger partial charge in [-0.1, -0.05) is 5.21 Å². The van der Waals surface area contributed by atoms with E-state index in [1.807, 2.05) is 65.3 Å². The van der Waals surface area contributed by atoms with Gasteiger partial charge in [-0.25, -0.2) is 9.67 Å². The molecule has 0 spiro atoms. The van der Waals surface area contributed by atoms with Gasteiger partial charge in [-0.15, -0.1) is 5.10 Å². The Morgan fingerprint density at radius 1 is 1.11 bits per heavy atom. The van der Waals surface area contributed by atoms with Gasteiger partial charge in [-0.2, -0.15) is 4.98 Å². The summed E-state index contributed by atoms with van der Waals surface area (Å²) in [6, 6.07) is 7.58. The summed E-state index contributed by atoms with van der Waals surface area (Å²) in [6.07, 6.45) is 1.89. The number of aromatic nitrogens is 5. The number of ether oxygens (including phenoxy) is 1. The fourth-order valence-electron chi connectivity index (χ4n) is 2.62. The highest BCUT2D eigenvalue weighted by Gasteiger charge is 2.22. The quantitative estimate of drug-likeness (QED) is 0.573. The van der Waals surface area contributed by atoms with Gasteiger partial charge in [0.05, 0.1) is 18.8 Å². The van der Waals surface area contributed by atoms with Crippen LogP contribution in [-0.4, -0.2) is 46.2 Å². The lowest BCUT2D eigenvalue weighted by Crippen LogP contribution is -2.33. The van der Waals surface area contributed by atoms with E-state index in [1.165, 1.54) is 0 Å². The summed E-state index contributed by atoms with van der Waals surface area (Å²) in [5.74, 6) is 1.94. The van der Waals surface area contributed by atoms with E-state index in [4.69, 9.17) is 4.74 Å². The van der Waals surface area contributed by atoms with Crippen molar-refractivity contribution in [2.24, 2.45) is 0 Å². The molecule has 0 atom stereocenters. The molecule has 1 aromatic carbocycles. The molecular weight excluding hydrogens is 356 g/mol.